The molecular formula is C14H28N2O3. The fourth-order valence-electron chi connectivity index (χ4n) is 2.40. The third-order valence-electron chi connectivity index (χ3n) is 3.51. The highest BCUT2D eigenvalue weighted by Gasteiger charge is 2.32. The van der Waals surface area contributed by atoms with E-state index in [1.807, 2.05) is 6.92 Å². The average Bonchev–Trinajstić information content (AvgIpc) is 2.36. The molecule has 1 rings (SSSR count). The lowest BCUT2D eigenvalue weighted by Crippen LogP contribution is -2.53. The fourth-order valence-corrected chi connectivity index (χ4v) is 2.40. The van der Waals surface area contributed by atoms with Crippen molar-refractivity contribution in [2.75, 3.05) is 26.2 Å². The first-order chi connectivity index (χ1) is 8.93. The summed E-state index contributed by atoms with van der Waals surface area (Å²) in [5.41, 5.74) is 0. The molecule has 1 fully saturated rings. The number of amides is 1. The Kier molecular flexibility index (Phi) is 6.58. The van der Waals surface area contributed by atoms with Crippen molar-refractivity contribution in [3.05, 3.63) is 0 Å². The van der Waals surface area contributed by atoms with Gasteiger partial charge in [0.25, 0.3) is 0 Å². The molecule has 19 heavy (non-hydrogen) atoms. The van der Waals surface area contributed by atoms with Crippen molar-refractivity contribution in [2.45, 2.75) is 46.3 Å². The van der Waals surface area contributed by atoms with Gasteiger partial charge in [-0.05, 0) is 32.7 Å². The van der Waals surface area contributed by atoms with Crippen molar-refractivity contribution in [2.24, 2.45) is 11.8 Å². The van der Waals surface area contributed by atoms with Crippen LogP contribution in [0.2, 0.25) is 0 Å². The molecule has 1 saturated heterocycles. The van der Waals surface area contributed by atoms with Gasteiger partial charge in [0.15, 0.2) is 0 Å². The Morgan fingerprint density at radius 3 is 2.63 bits per heavy atom. The van der Waals surface area contributed by atoms with Gasteiger partial charge < -0.3 is 20.1 Å². The van der Waals surface area contributed by atoms with Gasteiger partial charge in [0.2, 0.25) is 0 Å². The number of piperidine rings is 1. The molecule has 0 spiro atoms. The Morgan fingerprint density at radius 1 is 1.42 bits per heavy atom. The van der Waals surface area contributed by atoms with E-state index >= 15 is 0 Å². The highest BCUT2D eigenvalue weighted by Crippen LogP contribution is 2.21. The quantitative estimate of drug-likeness (QED) is 0.795. The van der Waals surface area contributed by atoms with Crippen LogP contribution in [-0.2, 0) is 4.74 Å². The topological polar surface area (TPSA) is 61.8 Å². The van der Waals surface area contributed by atoms with E-state index in [1.165, 1.54) is 0 Å². The van der Waals surface area contributed by atoms with Gasteiger partial charge >= 0.3 is 6.09 Å². The number of nitrogens with zero attached hydrogens (tertiary/aromatic N) is 1. The maximum atomic E-state index is 11.8. The molecule has 0 aromatic heterocycles. The highest BCUT2D eigenvalue weighted by atomic mass is 16.6. The van der Waals surface area contributed by atoms with E-state index in [1.54, 1.807) is 11.8 Å². The molecule has 0 bridgehead atoms. The van der Waals surface area contributed by atoms with Gasteiger partial charge in [0, 0.05) is 25.0 Å². The third kappa shape index (κ3) is 5.37. The van der Waals surface area contributed by atoms with Crippen LogP contribution in [0.4, 0.5) is 4.79 Å². The molecule has 1 heterocycles. The van der Waals surface area contributed by atoms with Crippen molar-refractivity contribution >= 4 is 6.09 Å². The lowest BCUT2D eigenvalue weighted by Gasteiger charge is -2.39. The molecular weight excluding hydrogens is 244 g/mol. The molecule has 112 valence electrons. The van der Waals surface area contributed by atoms with Crippen LogP contribution >= 0.6 is 0 Å². The zero-order valence-corrected chi connectivity index (χ0v) is 12.6. The maximum absolute atomic E-state index is 11.8. The van der Waals surface area contributed by atoms with Crippen molar-refractivity contribution in [3.8, 4) is 0 Å². The molecule has 0 aromatic carbocycles. The Hall–Kier alpha value is -0.810. The first kappa shape index (κ1) is 16.2. The van der Waals surface area contributed by atoms with Gasteiger partial charge in [-0.25, -0.2) is 4.79 Å². The first-order valence-corrected chi connectivity index (χ1v) is 7.27. The number of carbonyl (C=O) groups is 1. The van der Waals surface area contributed by atoms with E-state index < -0.39 is 6.10 Å². The highest BCUT2D eigenvalue weighted by molar-refractivity contribution is 5.67. The SMILES string of the molecule is CCOC(=O)N1CC(NCC(C)C)CC(C(C)O)C1. The number of hydrogen-bond acceptors (Lipinski definition) is 4. The van der Waals surface area contributed by atoms with Crippen LogP contribution in [0.3, 0.4) is 0 Å². The van der Waals surface area contributed by atoms with Crippen LogP contribution in [0.1, 0.15) is 34.1 Å². The van der Waals surface area contributed by atoms with Crippen LogP contribution in [0.5, 0.6) is 0 Å². The molecule has 0 saturated carbocycles. The number of rotatable bonds is 5. The Morgan fingerprint density at radius 2 is 2.11 bits per heavy atom. The Labute approximate surface area is 116 Å². The van der Waals surface area contributed by atoms with E-state index in [4.69, 9.17) is 4.74 Å². The Balaban J connectivity index is 2.59. The molecule has 1 aliphatic heterocycles. The standard InChI is InChI=1S/C14H28N2O3/c1-5-19-14(18)16-8-12(11(4)17)6-13(9-16)15-7-10(2)3/h10-13,15,17H,5-9H2,1-4H3. The monoisotopic (exact) mass is 272 g/mol. The molecule has 0 aromatic rings. The second kappa shape index (κ2) is 7.70. The molecule has 1 amide bonds. The van der Waals surface area contributed by atoms with Gasteiger partial charge in [0.05, 0.1) is 12.7 Å². The summed E-state index contributed by atoms with van der Waals surface area (Å²) in [5, 5.41) is 13.3. The van der Waals surface area contributed by atoms with Crippen molar-refractivity contribution in [3.63, 3.8) is 0 Å². The zero-order valence-electron chi connectivity index (χ0n) is 12.6. The number of hydrogen-bond donors (Lipinski definition) is 2. The fraction of sp³-hybridized carbons (Fsp3) is 0.929. The Bertz CT molecular complexity index is 282. The van der Waals surface area contributed by atoms with E-state index in [0.717, 1.165) is 13.0 Å². The number of likely N-dealkylation sites (tertiary alicyclic amines) is 1. The zero-order chi connectivity index (χ0) is 14.4. The largest absolute Gasteiger partial charge is 0.450 e. The summed E-state index contributed by atoms with van der Waals surface area (Å²) in [7, 11) is 0. The molecule has 5 heteroatoms. The van der Waals surface area contributed by atoms with Gasteiger partial charge in [0.1, 0.15) is 0 Å². The predicted molar refractivity (Wildman–Crippen MR) is 75.0 cm³/mol. The number of carbonyl (C=O) groups excluding carboxylic acids is 1. The second-order valence-corrected chi connectivity index (χ2v) is 5.84. The number of ether oxygens (including phenoxy) is 1. The lowest BCUT2D eigenvalue weighted by atomic mass is 9.90. The summed E-state index contributed by atoms with van der Waals surface area (Å²) in [6.45, 7) is 10.5. The summed E-state index contributed by atoms with van der Waals surface area (Å²) in [4.78, 5) is 13.6. The molecule has 5 nitrogen and oxygen atoms in total. The molecule has 0 radical (unpaired) electrons. The van der Waals surface area contributed by atoms with E-state index in [9.17, 15) is 9.90 Å². The summed E-state index contributed by atoms with van der Waals surface area (Å²) in [6.07, 6.45) is 0.227. The molecule has 3 atom stereocenters. The molecule has 0 aliphatic carbocycles. The van der Waals surface area contributed by atoms with Gasteiger partial charge in [-0.2, -0.15) is 0 Å². The number of aliphatic hydroxyl groups excluding tert-OH is 1. The van der Waals surface area contributed by atoms with Gasteiger partial charge in [-0.15, -0.1) is 0 Å². The van der Waals surface area contributed by atoms with Crippen LogP contribution in [0.25, 0.3) is 0 Å². The molecule has 2 N–H and O–H groups in total. The first-order valence-electron chi connectivity index (χ1n) is 7.27. The van der Waals surface area contributed by atoms with Crippen LogP contribution < -0.4 is 5.32 Å². The summed E-state index contributed by atoms with van der Waals surface area (Å²) in [6, 6.07) is 0.236. The van der Waals surface area contributed by atoms with Crippen molar-refractivity contribution in [1.29, 1.82) is 0 Å². The van der Waals surface area contributed by atoms with Crippen LogP contribution in [-0.4, -0.2) is 54.5 Å². The van der Waals surface area contributed by atoms with Gasteiger partial charge in [-0.3, -0.25) is 0 Å². The lowest BCUT2D eigenvalue weighted by molar-refractivity contribution is 0.0375. The summed E-state index contributed by atoms with van der Waals surface area (Å²) >= 11 is 0. The molecule has 1 aliphatic rings. The minimum absolute atomic E-state index is 0.114. The number of aliphatic hydroxyl groups is 1. The predicted octanol–water partition coefficient (Wildman–Crippen LogP) is 1.46. The van der Waals surface area contributed by atoms with E-state index in [0.29, 0.717) is 25.6 Å². The van der Waals surface area contributed by atoms with Crippen molar-refractivity contribution < 1.29 is 14.6 Å². The second-order valence-electron chi connectivity index (χ2n) is 5.84. The summed E-state index contributed by atoms with van der Waals surface area (Å²) < 4.78 is 5.06. The smallest absolute Gasteiger partial charge is 0.409 e. The minimum Gasteiger partial charge on any atom is -0.450 e. The molecule has 3 unspecified atom stereocenters. The maximum Gasteiger partial charge on any atom is 0.409 e. The summed E-state index contributed by atoms with van der Waals surface area (Å²) in [5.74, 6) is 0.686. The van der Waals surface area contributed by atoms with Crippen LogP contribution in [0.15, 0.2) is 0 Å². The average molecular weight is 272 g/mol. The third-order valence-corrected chi connectivity index (χ3v) is 3.51. The normalized spacial score (nSPS) is 25.5. The van der Waals surface area contributed by atoms with E-state index in [2.05, 4.69) is 19.2 Å². The van der Waals surface area contributed by atoms with Crippen molar-refractivity contribution in [1.82, 2.24) is 10.2 Å². The minimum atomic E-state index is -0.402. The van der Waals surface area contributed by atoms with Crippen LogP contribution in [0, 0.1) is 11.8 Å². The van der Waals surface area contributed by atoms with E-state index in [-0.39, 0.29) is 18.1 Å². The van der Waals surface area contributed by atoms with Gasteiger partial charge in [-0.1, -0.05) is 13.8 Å². The number of nitrogens with one attached hydrogen (secondary N) is 1.